The second kappa shape index (κ2) is 6.58. The van der Waals surface area contributed by atoms with Crippen molar-refractivity contribution in [3.8, 4) is 5.88 Å². The van der Waals surface area contributed by atoms with Crippen molar-refractivity contribution < 1.29 is 4.74 Å². The Morgan fingerprint density at radius 2 is 2.08 bits per heavy atom. The lowest BCUT2D eigenvalue weighted by Gasteiger charge is -2.02. The molecule has 12 heavy (non-hydrogen) atoms. The minimum absolute atomic E-state index is 0.651. The molecule has 0 spiro atoms. The van der Waals surface area contributed by atoms with Gasteiger partial charge >= 0.3 is 0 Å². The zero-order chi connectivity index (χ0) is 9.40. The molecular weight excluding hydrogens is 152 g/mol. The molecule has 0 saturated carbocycles. The molecule has 3 heteroatoms. The molecule has 0 aliphatic rings. The van der Waals surface area contributed by atoms with Gasteiger partial charge in [-0.1, -0.05) is 13.8 Å². The molecule has 0 bridgehead atoms. The van der Waals surface area contributed by atoms with Crippen LogP contribution in [0.4, 0.5) is 0 Å². The monoisotopic (exact) mass is 168 g/mol. The van der Waals surface area contributed by atoms with Crippen LogP contribution in [0, 0.1) is 6.92 Å². The molecule has 0 aromatic carbocycles. The van der Waals surface area contributed by atoms with Gasteiger partial charge in [-0.2, -0.15) is 0 Å². The third kappa shape index (κ3) is 3.32. The highest BCUT2D eigenvalue weighted by Gasteiger charge is 1.96. The summed E-state index contributed by atoms with van der Waals surface area (Å²) in [6.45, 7) is 8.50. The van der Waals surface area contributed by atoms with Crippen molar-refractivity contribution in [1.29, 1.82) is 0 Å². The van der Waals surface area contributed by atoms with E-state index in [0.29, 0.717) is 12.5 Å². The predicted molar refractivity (Wildman–Crippen MR) is 49.3 cm³/mol. The highest BCUT2D eigenvalue weighted by Crippen LogP contribution is 2.09. The first kappa shape index (κ1) is 10.9. The average molecular weight is 168 g/mol. The third-order valence-electron chi connectivity index (χ3n) is 1.13. The van der Waals surface area contributed by atoms with Gasteiger partial charge in [0.25, 0.3) is 0 Å². The van der Waals surface area contributed by atoms with E-state index >= 15 is 0 Å². The Hall–Kier alpha value is -1.12. The van der Waals surface area contributed by atoms with Crippen molar-refractivity contribution in [2.45, 2.75) is 27.7 Å². The molecule has 0 aliphatic heterocycles. The molecule has 68 valence electrons. The highest BCUT2D eigenvalue weighted by atomic mass is 16.5. The van der Waals surface area contributed by atoms with Gasteiger partial charge in [0.05, 0.1) is 6.61 Å². The Morgan fingerprint density at radius 3 is 2.58 bits per heavy atom. The van der Waals surface area contributed by atoms with Crippen LogP contribution in [0.2, 0.25) is 0 Å². The van der Waals surface area contributed by atoms with Gasteiger partial charge in [0.1, 0.15) is 6.33 Å². The summed E-state index contributed by atoms with van der Waals surface area (Å²) in [6.07, 6.45) is 3.22. The fourth-order valence-corrected chi connectivity index (χ4v) is 0.676. The fourth-order valence-electron chi connectivity index (χ4n) is 0.676. The van der Waals surface area contributed by atoms with Crippen LogP contribution in [0.3, 0.4) is 0 Å². The van der Waals surface area contributed by atoms with E-state index in [9.17, 15) is 0 Å². The summed E-state index contributed by atoms with van der Waals surface area (Å²) in [5.41, 5.74) is 0.976. The molecule has 1 rings (SSSR count). The summed E-state index contributed by atoms with van der Waals surface area (Å²) in [7, 11) is 0. The lowest BCUT2D eigenvalue weighted by Crippen LogP contribution is -1.96. The van der Waals surface area contributed by atoms with Crippen molar-refractivity contribution in [3.05, 3.63) is 18.1 Å². The molecule has 1 aromatic heterocycles. The quantitative estimate of drug-likeness (QED) is 0.679. The van der Waals surface area contributed by atoms with Gasteiger partial charge < -0.3 is 4.74 Å². The van der Waals surface area contributed by atoms with E-state index in [1.54, 1.807) is 6.20 Å². The van der Waals surface area contributed by atoms with E-state index in [2.05, 4.69) is 9.97 Å². The maximum atomic E-state index is 5.19. The van der Waals surface area contributed by atoms with Crippen molar-refractivity contribution >= 4 is 0 Å². The molecule has 0 unspecified atom stereocenters. The molecule has 0 saturated heterocycles. The van der Waals surface area contributed by atoms with E-state index in [1.165, 1.54) is 6.33 Å². The van der Waals surface area contributed by atoms with Gasteiger partial charge in [0.2, 0.25) is 5.88 Å². The van der Waals surface area contributed by atoms with Crippen molar-refractivity contribution in [1.82, 2.24) is 9.97 Å². The Kier molecular flexibility index (Phi) is 5.97. The van der Waals surface area contributed by atoms with Crippen LogP contribution < -0.4 is 4.74 Å². The summed E-state index contributed by atoms with van der Waals surface area (Å²) in [5.74, 6) is 0.678. The Labute approximate surface area is 73.8 Å². The van der Waals surface area contributed by atoms with Gasteiger partial charge in [0.15, 0.2) is 0 Å². The first-order valence-corrected chi connectivity index (χ1v) is 4.24. The zero-order valence-electron chi connectivity index (χ0n) is 8.16. The van der Waals surface area contributed by atoms with Crippen LogP contribution in [0.5, 0.6) is 5.88 Å². The molecule has 0 atom stereocenters. The maximum Gasteiger partial charge on any atom is 0.219 e. The first-order valence-electron chi connectivity index (χ1n) is 4.24. The van der Waals surface area contributed by atoms with Crippen molar-refractivity contribution in [3.63, 3.8) is 0 Å². The SMILES string of the molecule is CC.CCOc1ncncc1C. The summed E-state index contributed by atoms with van der Waals surface area (Å²) in [6, 6.07) is 0. The molecule has 0 aliphatic carbocycles. The number of rotatable bonds is 2. The summed E-state index contributed by atoms with van der Waals surface area (Å²) in [4.78, 5) is 7.77. The number of hydrogen-bond acceptors (Lipinski definition) is 3. The van der Waals surface area contributed by atoms with Gasteiger partial charge in [-0.15, -0.1) is 0 Å². The zero-order valence-corrected chi connectivity index (χ0v) is 8.16. The molecule has 0 radical (unpaired) electrons. The van der Waals surface area contributed by atoms with Crippen LogP contribution in [0.1, 0.15) is 26.3 Å². The Morgan fingerprint density at radius 1 is 1.42 bits per heavy atom. The second-order valence-corrected chi connectivity index (χ2v) is 1.94. The topological polar surface area (TPSA) is 35.0 Å². The summed E-state index contributed by atoms with van der Waals surface area (Å²) < 4.78 is 5.19. The van der Waals surface area contributed by atoms with Crippen LogP contribution in [0.15, 0.2) is 12.5 Å². The minimum atomic E-state index is 0.651. The van der Waals surface area contributed by atoms with Gasteiger partial charge in [-0.3, -0.25) is 0 Å². The molecule has 0 fully saturated rings. The van der Waals surface area contributed by atoms with Crippen LogP contribution in [0.25, 0.3) is 0 Å². The van der Waals surface area contributed by atoms with E-state index < -0.39 is 0 Å². The molecular formula is C9H16N2O. The van der Waals surface area contributed by atoms with E-state index in [-0.39, 0.29) is 0 Å². The second-order valence-electron chi connectivity index (χ2n) is 1.94. The smallest absolute Gasteiger partial charge is 0.219 e. The number of aromatic nitrogens is 2. The van der Waals surface area contributed by atoms with Gasteiger partial charge in [-0.25, -0.2) is 9.97 Å². The highest BCUT2D eigenvalue weighted by molar-refractivity contribution is 5.19. The Bertz CT molecular complexity index is 213. The summed E-state index contributed by atoms with van der Waals surface area (Å²) >= 11 is 0. The number of ether oxygens (including phenoxy) is 1. The number of aryl methyl sites for hydroxylation is 1. The first-order chi connectivity index (χ1) is 5.84. The van der Waals surface area contributed by atoms with E-state index in [1.807, 2.05) is 27.7 Å². The summed E-state index contributed by atoms with van der Waals surface area (Å²) in [5, 5.41) is 0. The van der Waals surface area contributed by atoms with Gasteiger partial charge in [-0.05, 0) is 13.8 Å². The van der Waals surface area contributed by atoms with Gasteiger partial charge in [0, 0.05) is 11.8 Å². The maximum absolute atomic E-state index is 5.19. The standard InChI is InChI=1S/C7H10N2O.C2H6/c1-3-10-7-6(2)4-8-5-9-7;1-2/h4-5H,3H2,1-2H3;1-2H3. The fraction of sp³-hybridized carbons (Fsp3) is 0.556. The number of hydrogen-bond donors (Lipinski definition) is 0. The molecule has 3 nitrogen and oxygen atoms in total. The normalized spacial score (nSPS) is 8.33. The molecule has 0 N–H and O–H groups in total. The van der Waals surface area contributed by atoms with Crippen LogP contribution in [-0.2, 0) is 0 Å². The van der Waals surface area contributed by atoms with E-state index in [4.69, 9.17) is 4.74 Å². The lowest BCUT2D eigenvalue weighted by atomic mass is 10.4. The van der Waals surface area contributed by atoms with Crippen molar-refractivity contribution in [2.75, 3.05) is 6.61 Å². The lowest BCUT2D eigenvalue weighted by molar-refractivity contribution is 0.323. The average Bonchev–Trinajstić information content (AvgIpc) is 2.13. The predicted octanol–water partition coefficient (Wildman–Crippen LogP) is 2.21. The Balaban J connectivity index is 0.000000561. The minimum Gasteiger partial charge on any atom is -0.478 e. The largest absolute Gasteiger partial charge is 0.478 e. The van der Waals surface area contributed by atoms with Crippen LogP contribution in [-0.4, -0.2) is 16.6 Å². The molecule has 1 aromatic rings. The van der Waals surface area contributed by atoms with E-state index in [0.717, 1.165) is 5.56 Å². The van der Waals surface area contributed by atoms with Crippen molar-refractivity contribution in [2.24, 2.45) is 0 Å². The van der Waals surface area contributed by atoms with Crippen LogP contribution >= 0.6 is 0 Å². The third-order valence-corrected chi connectivity index (χ3v) is 1.13. The molecule has 1 heterocycles. The molecule has 0 amide bonds. The number of nitrogens with zero attached hydrogens (tertiary/aromatic N) is 2.